The molecule has 0 saturated heterocycles. The lowest BCUT2D eigenvalue weighted by atomic mass is 10.1. The summed E-state index contributed by atoms with van der Waals surface area (Å²) in [5, 5.41) is 11.1. The van der Waals surface area contributed by atoms with Crippen LogP contribution in [0.5, 0.6) is 17.2 Å². The number of ether oxygens (including phenoxy) is 2. The lowest BCUT2D eigenvalue weighted by Gasteiger charge is -2.29. The number of carboxylic acids is 1. The van der Waals surface area contributed by atoms with E-state index in [9.17, 15) is 23.1 Å². The second kappa shape index (κ2) is 9.70. The van der Waals surface area contributed by atoms with Gasteiger partial charge in [-0.05, 0) is 62.9 Å². The minimum Gasteiger partial charge on any atom is -0.546 e. The van der Waals surface area contributed by atoms with Crippen LogP contribution in [0, 0.1) is 0 Å². The van der Waals surface area contributed by atoms with Gasteiger partial charge >= 0.3 is 10.1 Å². The summed E-state index contributed by atoms with van der Waals surface area (Å²) in [5.74, 6) is -0.490. The number of aliphatic carboxylic acids is 1. The maximum Gasteiger partial charge on any atom is 0.306 e. The molecule has 1 aliphatic heterocycles. The summed E-state index contributed by atoms with van der Waals surface area (Å²) in [7, 11) is -3.66. The van der Waals surface area contributed by atoms with Crippen LogP contribution in [0.4, 0.5) is 5.69 Å². The molecule has 0 spiro atoms. The number of carbonyl (C=O) groups excluding carboxylic acids is 2. The zero-order valence-corrected chi connectivity index (χ0v) is 19.5. The molecule has 2 aromatic rings. The molecule has 0 N–H and O–H groups in total. The SMILES string of the molecule is CC(C)(Oc1ccc(CCCCN2C(=O)COc3cc(OS(C)(=O)=O)ccc32)cc1)C(=O)[O-]. The van der Waals surface area contributed by atoms with Crippen LogP contribution in [-0.4, -0.2) is 45.3 Å². The summed E-state index contributed by atoms with van der Waals surface area (Å²) in [5.41, 5.74) is 0.217. The average molecular weight is 477 g/mol. The second-order valence-corrected chi connectivity index (χ2v) is 9.83. The topological polar surface area (TPSA) is 122 Å². The monoisotopic (exact) mass is 476 g/mol. The third kappa shape index (κ3) is 6.61. The minimum absolute atomic E-state index is 0.126. The number of aryl methyl sites for hydroxylation is 1. The highest BCUT2D eigenvalue weighted by molar-refractivity contribution is 7.86. The first-order valence-corrected chi connectivity index (χ1v) is 12.2. The van der Waals surface area contributed by atoms with E-state index in [1.54, 1.807) is 23.1 Å². The molecule has 33 heavy (non-hydrogen) atoms. The standard InChI is InChI=1S/C23H27NO8S/c1-23(2,22(26)27)31-17-9-7-16(8-10-17)6-4-5-13-24-19-12-11-18(32-33(3,28)29)14-20(19)30-15-21(24)25/h7-12,14H,4-6,13,15H2,1-3H3,(H,26,27)/p-1. The van der Waals surface area contributed by atoms with Gasteiger partial charge < -0.3 is 28.5 Å². The van der Waals surface area contributed by atoms with Gasteiger partial charge in [0.15, 0.2) is 6.61 Å². The molecule has 0 radical (unpaired) electrons. The third-order valence-electron chi connectivity index (χ3n) is 5.01. The molecular formula is C23H26NO8S-. The van der Waals surface area contributed by atoms with Crippen molar-refractivity contribution in [1.82, 2.24) is 0 Å². The maximum absolute atomic E-state index is 12.3. The summed E-state index contributed by atoms with van der Waals surface area (Å²) in [6.45, 7) is 3.23. The third-order valence-corrected chi connectivity index (χ3v) is 5.50. The number of fused-ring (bicyclic) bond motifs is 1. The van der Waals surface area contributed by atoms with E-state index < -0.39 is 21.7 Å². The number of hydrogen-bond acceptors (Lipinski definition) is 8. The van der Waals surface area contributed by atoms with Gasteiger partial charge in [0.2, 0.25) is 0 Å². The van der Waals surface area contributed by atoms with E-state index in [4.69, 9.17) is 13.7 Å². The molecule has 1 amide bonds. The molecule has 0 aliphatic carbocycles. The van der Waals surface area contributed by atoms with E-state index in [-0.39, 0.29) is 18.3 Å². The van der Waals surface area contributed by atoms with Crippen molar-refractivity contribution in [2.24, 2.45) is 0 Å². The van der Waals surface area contributed by atoms with E-state index in [0.717, 1.165) is 31.1 Å². The van der Waals surface area contributed by atoms with Gasteiger partial charge in [0, 0.05) is 12.6 Å². The Morgan fingerprint density at radius 3 is 2.42 bits per heavy atom. The molecule has 1 heterocycles. The first-order chi connectivity index (χ1) is 15.4. The van der Waals surface area contributed by atoms with Gasteiger partial charge in [-0.3, -0.25) is 4.79 Å². The van der Waals surface area contributed by atoms with Gasteiger partial charge in [-0.1, -0.05) is 12.1 Å². The predicted molar refractivity (Wildman–Crippen MR) is 119 cm³/mol. The largest absolute Gasteiger partial charge is 0.546 e. The van der Waals surface area contributed by atoms with Crippen LogP contribution in [0.3, 0.4) is 0 Å². The Hall–Kier alpha value is -3.27. The van der Waals surface area contributed by atoms with Crippen LogP contribution in [0.25, 0.3) is 0 Å². The number of nitrogens with zero attached hydrogens (tertiary/aromatic N) is 1. The maximum atomic E-state index is 12.3. The van der Waals surface area contributed by atoms with Gasteiger partial charge in [-0.2, -0.15) is 8.42 Å². The Morgan fingerprint density at radius 1 is 1.12 bits per heavy atom. The van der Waals surface area contributed by atoms with Crippen LogP contribution >= 0.6 is 0 Å². The van der Waals surface area contributed by atoms with Crippen molar-refractivity contribution in [3.8, 4) is 17.2 Å². The van der Waals surface area contributed by atoms with Crippen molar-refractivity contribution in [3.63, 3.8) is 0 Å². The summed E-state index contributed by atoms with van der Waals surface area (Å²) < 4.78 is 38.4. The van der Waals surface area contributed by atoms with Gasteiger partial charge in [0.05, 0.1) is 17.9 Å². The van der Waals surface area contributed by atoms with Crippen molar-refractivity contribution in [2.75, 3.05) is 24.3 Å². The smallest absolute Gasteiger partial charge is 0.306 e. The van der Waals surface area contributed by atoms with Crippen LogP contribution < -0.4 is 23.7 Å². The lowest BCUT2D eigenvalue weighted by Crippen LogP contribution is -2.47. The normalized spacial score (nSPS) is 13.8. The number of hydrogen-bond donors (Lipinski definition) is 0. The fourth-order valence-corrected chi connectivity index (χ4v) is 3.77. The van der Waals surface area contributed by atoms with E-state index in [1.807, 2.05) is 12.1 Å². The number of carboxylic acid groups (broad SMARTS) is 1. The number of anilines is 1. The van der Waals surface area contributed by atoms with Crippen LogP contribution in [0.2, 0.25) is 0 Å². The first-order valence-electron chi connectivity index (χ1n) is 10.4. The molecule has 0 aromatic heterocycles. The Bertz CT molecular complexity index is 1130. The summed E-state index contributed by atoms with van der Waals surface area (Å²) in [6, 6.07) is 11.7. The van der Waals surface area contributed by atoms with E-state index in [0.29, 0.717) is 23.7 Å². The second-order valence-electron chi connectivity index (χ2n) is 8.25. The molecule has 1 aliphatic rings. The molecule has 178 valence electrons. The molecule has 0 unspecified atom stereocenters. The Morgan fingerprint density at radius 2 is 1.79 bits per heavy atom. The van der Waals surface area contributed by atoms with Gasteiger partial charge in [0.25, 0.3) is 5.91 Å². The summed E-state index contributed by atoms with van der Waals surface area (Å²) >= 11 is 0. The Kier molecular flexibility index (Phi) is 7.16. The highest BCUT2D eigenvalue weighted by Gasteiger charge is 2.26. The van der Waals surface area contributed by atoms with Crippen LogP contribution in [0.1, 0.15) is 32.3 Å². The molecule has 0 saturated carbocycles. The van der Waals surface area contributed by atoms with Gasteiger partial charge in [0.1, 0.15) is 22.8 Å². The summed E-state index contributed by atoms with van der Waals surface area (Å²) in [6.07, 6.45) is 3.29. The van der Waals surface area contributed by atoms with Crippen LogP contribution in [-0.2, 0) is 26.1 Å². The van der Waals surface area contributed by atoms with Crippen molar-refractivity contribution < 1.29 is 36.8 Å². The number of unbranched alkanes of at least 4 members (excludes halogenated alkanes) is 1. The van der Waals surface area contributed by atoms with Gasteiger partial charge in [-0.15, -0.1) is 0 Å². The fraction of sp³-hybridized carbons (Fsp3) is 0.391. The van der Waals surface area contributed by atoms with E-state index in [1.165, 1.54) is 26.0 Å². The molecule has 3 rings (SSSR count). The average Bonchev–Trinajstić information content (AvgIpc) is 2.72. The quantitative estimate of drug-likeness (QED) is 0.375. The highest BCUT2D eigenvalue weighted by atomic mass is 32.2. The fourth-order valence-electron chi connectivity index (χ4n) is 3.32. The highest BCUT2D eigenvalue weighted by Crippen LogP contribution is 2.36. The lowest BCUT2D eigenvalue weighted by molar-refractivity contribution is -0.320. The number of benzene rings is 2. The molecule has 2 aromatic carbocycles. The van der Waals surface area contributed by atoms with Crippen molar-refractivity contribution >= 4 is 27.7 Å². The van der Waals surface area contributed by atoms with Crippen molar-refractivity contribution in [1.29, 1.82) is 0 Å². The number of amides is 1. The van der Waals surface area contributed by atoms with E-state index >= 15 is 0 Å². The Balaban J connectivity index is 1.55. The van der Waals surface area contributed by atoms with E-state index in [2.05, 4.69) is 0 Å². The molecule has 0 bridgehead atoms. The zero-order chi connectivity index (χ0) is 24.2. The zero-order valence-electron chi connectivity index (χ0n) is 18.7. The number of rotatable bonds is 10. The first kappa shape index (κ1) is 24.4. The van der Waals surface area contributed by atoms with Crippen molar-refractivity contribution in [2.45, 2.75) is 38.7 Å². The Labute approximate surface area is 193 Å². The number of carbonyl (C=O) groups is 2. The van der Waals surface area contributed by atoms with Gasteiger partial charge in [-0.25, -0.2) is 0 Å². The summed E-state index contributed by atoms with van der Waals surface area (Å²) in [4.78, 5) is 25.0. The van der Waals surface area contributed by atoms with Crippen molar-refractivity contribution in [3.05, 3.63) is 48.0 Å². The molecular weight excluding hydrogens is 450 g/mol. The minimum atomic E-state index is -3.66. The molecule has 0 fully saturated rings. The molecule has 0 atom stereocenters. The predicted octanol–water partition coefficient (Wildman–Crippen LogP) is 1.68. The molecule has 10 heteroatoms. The van der Waals surface area contributed by atoms with Crippen LogP contribution in [0.15, 0.2) is 42.5 Å². The molecule has 9 nitrogen and oxygen atoms in total.